The third kappa shape index (κ3) is 1.01. The fourth-order valence-corrected chi connectivity index (χ4v) is 1.23. The summed E-state index contributed by atoms with van der Waals surface area (Å²) < 4.78 is 0.849. The predicted octanol–water partition coefficient (Wildman–Crippen LogP) is 0.372. The molecule has 66 valence electrons. The molecule has 1 amide bonds. The monoisotopic (exact) mass is 177 g/mol. The molecular weight excluding hydrogens is 170 g/mol. The highest BCUT2D eigenvalue weighted by atomic mass is 16.5. The molecule has 1 heterocycles. The van der Waals surface area contributed by atoms with Gasteiger partial charge in [-0.15, -0.1) is 0 Å². The Hall–Kier alpha value is -2.04. The second-order valence-electron chi connectivity index (χ2n) is 2.63. The Bertz CT molecular complexity index is 475. The molecule has 0 unspecified atom stereocenters. The van der Waals surface area contributed by atoms with Gasteiger partial charge in [-0.25, -0.2) is 4.98 Å². The molecule has 0 fully saturated rings. The highest BCUT2D eigenvalue weighted by Gasteiger charge is 2.09. The van der Waals surface area contributed by atoms with Crippen LogP contribution in [0.15, 0.2) is 24.5 Å². The van der Waals surface area contributed by atoms with E-state index in [1.54, 1.807) is 18.2 Å². The zero-order valence-electron chi connectivity index (χ0n) is 6.64. The molecule has 0 atom stereocenters. The molecule has 1 aromatic carbocycles. The predicted molar refractivity (Wildman–Crippen MR) is 45.4 cm³/mol. The summed E-state index contributed by atoms with van der Waals surface area (Å²) in [6.45, 7) is 0. The van der Waals surface area contributed by atoms with Crippen molar-refractivity contribution in [3.05, 3.63) is 30.1 Å². The third-order valence-electron chi connectivity index (χ3n) is 1.82. The quantitative estimate of drug-likeness (QED) is 0.617. The summed E-state index contributed by atoms with van der Waals surface area (Å²) in [6.07, 6.45) is 1.22. The molecule has 2 aromatic rings. The van der Waals surface area contributed by atoms with Crippen molar-refractivity contribution in [3.63, 3.8) is 0 Å². The minimum atomic E-state index is -0.552. The van der Waals surface area contributed by atoms with Crippen LogP contribution in [0, 0.1) is 0 Å². The Morgan fingerprint density at radius 2 is 2.31 bits per heavy atom. The minimum absolute atomic E-state index is 0.310. The van der Waals surface area contributed by atoms with Crippen molar-refractivity contribution in [2.45, 2.75) is 0 Å². The third-order valence-corrected chi connectivity index (χ3v) is 1.82. The Morgan fingerprint density at radius 1 is 1.54 bits per heavy atom. The van der Waals surface area contributed by atoms with E-state index in [0.717, 1.165) is 4.73 Å². The van der Waals surface area contributed by atoms with E-state index in [1.807, 2.05) is 0 Å². The van der Waals surface area contributed by atoms with Crippen LogP contribution in [0.25, 0.3) is 11.0 Å². The van der Waals surface area contributed by atoms with Gasteiger partial charge in [-0.2, -0.15) is 4.73 Å². The maximum atomic E-state index is 10.9. The van der Waals surface area contributed by atoms with E-state index in [-0.39, 0.29) is 0 Å². The first kappa shape index (κ1) is 7.60. The van der Waals surface area contributed by atoms with Gasteiger partial charge in [0.1, 0.15) is 17.4 Å². The van der Waals surface area contributed by atoms with Gasteiger partial charge in [0, 0.05) is 0 Å². The Kier molecular flexibility index (Phi) is 1.45. The Morgan fingerprint density at radius 3 is 3.00 bits per heavy atom. The standard InChI is InChI=1S/C8H7N3O2/c9-8(12)5-2-1-3-6-7(5)10-4-11(6)13/h1-4,13H,(H2,9,12). The van der Waals surface area contributed by atoms with Crippen LogP contribution in [0.4, 0.5) is 0 Å². The van der Waals surface area contributed by atoms with Crippen molar-refractivity contribution in [1.82, 2.24) is 9.71 Å². The van der Waals surface area contributed by atoms with Crippen LogP contribution < -0.4 is 5.73 Å². The number of nitrogens with two attached hydrogens (primary N) is 1. The van der Waals surface area contributed by atoms with Crippen LogP contribution in [-0.2, 0) is 0 Å². The van der Waals surface area contributed by atoms with Crippen molar-refractivity contribution in [2.24, 2.45) is 5.73 Å². The molecular formula is C8H7N3O2. The van der Waals surface area contributed by atoms with Gasteiger partial charge in [-0.3, -0.25) is 4.79 Å². The highest BCUT2D eigenvalue weighted by Crippen LogP contribution is 2.15. The van der Waals surface area contributed by atoms with Gasteiger partial charge in [0.05, 0.1) is 5.56 Å². The summed E-state index contributed by atoms with van der Waals surface area (Å²) in [5.41, 5.74) is 6.31. The number of aromatic nitrogens is 2. The van der Waals surface area contributed by atoms with Gasteiger partial charge in [-0.1, -0.05) is 6.07 Å². The maximum absolute atomic E-state index is 10.9. The number of amides is 1. The fraction of sp³-hybridized carbons (Fsp3) is 0. The first-order valence-corrected chi connectivity index (χ1v) is 3.65. The highest BCUT2D eigenvalue weighted by molar-refractivity contribution is 6.03. The number of fused-ring (bicyclic) bond motifs is 1. The molecule has 0 aliphatic carbocycles. The van der Waals surface area contributed by atoms with E-state index >= 15 is 0 Å². The van der Waals surface area contributed by atoms with Crippen LogP contribution in [0.3, 0.4) is 0 Å². The Balaban J connectivity index is 2.84. The number of hydrogen-bond acceptors (Lipinski definition) is 3. The van der Waals surface area contributed by atoms with E-state index < -0.39 is 5.91 Å². The number of primary amides is 1. The molecule has 0 aliphatic heterocycles. The molecule has 2 rings (SSSR count). The van der Waals surface area contributed by atoms with Gasteiger partial charge < -0.3 is 10.9 Å². The number of rotatable bonds is 1. The van der Waals surface area contributed by atoms with Crippen molar-refractivity contribution >= 4 is 16.9 Å². The van der Waals surface area contributed by atoms with Gasteiger partial charge in [0.25, 0.3) is 5.91 Å². The molecule has 0 aliphatic rings. The summed E-state index contributed by atoms with van der Waals surface area (Å²) in [7, 11) is 0. The van der Waals surface area contributed by atoms with Crippen molar-refractivity contribution in [1.29, 1.82) is 0 Å². The second kappa shape index (κ2) is 2.48. The first-order valence-electron chi connectivity index (χ1n) is 3.65. The molecule has 5 heteroatoms. The molecule has 0 bridgehead atoms. The summed E-state index contributed by atoms with van der Waals surface area (Å²) in [6, 6.07) is 4.85. The van der Waals surface area contributed by atoms with E-state index in [2.05, 4.69) is 4.98 Å². The average Bonchev–Trinajstić information content (AvgIpc) is 2.48. The normalized spacial score (nSPS) is 10.5. The molecule has 1 aromatic heterocycles. The van der Waals surface area contributed by atoms with Crippen molar-refractivity contribution in [3.8, 4) is 0 Å². The summed E-state index contributed by atoms with van der Waals surface area (Å²) >= 11 is 0. The van der Waals surface area contributed by atoms with E-state index in [9.17, 15) is 10.0 Å². The summed E-state index contributed by atoms with van der Waals surface area (Å²) in [5, 5.41) is 9.22. The van der Waals surface area contributed by atoms with E-state index in [4.69, 9.17) is 5.73 Å². The maximum Gasteiger partial charge on any atom is 0.250 e. The fourth-order valence-electron chi connectivity index (χ4n) is 1.23. The SMILES string of the molecule is NC(=O)c1cccc2c1ncn2O. The number of carbonyl (C=O) groups excluding carboxylic acids is 1. The lowest BCUT2D eigenvalue weighted by Gasteiger charge is -1.96. The number of benzene rings is 1. The smallest absolute Gasteiger partial charge is 0.250 e. The first-order chi connectivity index (χ1) is 6.20. The van der Waals surface area contributed by atoms with Crippen molar-refractivity contribution < 1.29 is 10.0 Å². The van der Waals surface area contributed by atoms with Crippen LogP contribution in [0.1, 0.15) is 10.4 Å². The Labute approximate surface area is 73.4 Å². The average molecular weight is 177 g/mol. The molecule has 0 spiro atoms. The number of carbonyl (C=O) groups is 1. The number of hydrogen-bond donors (Lipinski definition) is 2. The lowest BCUT2D eigenvalue weighted by atomic mass is 10.2. The molecule has 3 N–H and O–H groups in total. The van der Waals surface area contributed by atoms with E-state index in [1.165, 1.54) is 6.33 Å². The van der Waals surface area contributed by atoms with E-state index in [0.29, 0.717) is 16.6 Å². The topological polar surface area (TPSA) is 81.1 Å². The van der Waals surface area contributed by atoms with Gasteiger partial charge in [0.15, 0.2) is 0 Å². The summed E-state index contributed by atoms with van der Waals surface area (Å²) in [5.74, 6) is -0.552. The minimum Gasteiger partial charge on any atom is -0.427 e. The molecule has 0 saturated heterocycles. The molecule has 0 saturated carbocycles. The zero-order valence-corrected chi connectivity index (χ0v) is 6.64. The van der Waals surface area contributed by atoms with Gasteiger partial charge in [0.2, 0.25) is 0 Å². The lowest BCUT2D eigenvalue weighted by molar-refractivity contribution is 0.100. The van der Waals surface area contributed by atoms with Crippen LogP contribution in [0.5, 0.6) is 0 Å². The lowest BCUT2D eigenvalue weighted by Crippen LogP contribution is -2.11. The number of nitrogens with zero attached hydrogens (tertiary/aromatic N) is 2. The van der Waals surface area contributed by atoms with Gasteiger partial charge >= 0.3 is 0 Å². The number of para-hydroxylation sites is 1. The van der Waals surface area contributed by atoms with Crippen molar-refractivity contribution in [2.75, 3.05) is 0 Å². The largest absolute Gasteiger partial charge is 0.427 e. The van der Waals surface area contributed by atoms with Crippen LogP contribution in [0.2, 0.25) is 0 Å². The van der Waals surface area contributed by atoms with Gasteiger partial charge in [-0.05, 0) is 12.1 Å². The zero-order chi connectivity index (χ0) is 9.42. The summed E-state index contributed by atoms with van der Waals surface area (Å²) in [4.78, 5) is 14.8. The van der Waals surface area contributed by atoms with Crippen LogP contribution in [-0.4, -0.2) is 20.8 Å². The second-order valence-corrected chi connectivity index (χ2v) is 2.63. The molecule has 0 radical (unpaired) electrons. The molecule has 5 nitrogen and oxygen atoms in total. The van der Waals surface area contributed by atoms with Crippen LogP contribution >= 0.6 is 0 Å². The molecule has 13 heavy (non-hydrogen) atoms. The number of imidazole rings is 1.